The molecule has 2 rings (SSSR count). The lowest BCUT2D eigenvalue weighted by Crippen LogP contribution is -2.17. The zero-order valence-corrected chi connectivity index (χ0v) is 12.1. The molecule has 90 valence electrons. The summed E-state index contributed by atoms with van der Waals surface area (Å²) in [5.41, 5.74) is 3.14. The van der Waals surface area contributed by atoms with Gasteiger partial charge in [-0.3, -0.25) is 4.79 Å². The van der Waals surface area contributed by atoms with E-state index in [0.29, 0.717) is 5.78 Å². The Kier molecular flexibility index (Phi) is 3.26. The molecule has 0 aliphatic heterocycles. The Labute approximate surface area is 111 Å². The van der Waals surface area contributed by atoms with Gasteiger partial charge >= 0.3 is 0 Å². The number of rotatable bonds is 1. The molecule has 1 saturated carbocycles. The predicted octanol–water partition coefficient (Wildman–Crippen LogP) is 4.53. The van der Waals surface area contributed by atoms with Crippen molar-refractivity contribution in [1.29, 1.82) is 0 Å². The predicted molar refractivity (Wildman–Crippen MR) is 74.9 cm³/mol. The maximum atomic E-state index is 12.1. The third-order valence-corrected chi connectivity index (χ3v) is 3.99. The van der Waals surface area contributed by atoms with E-state index in [-0.39, 0.29) is 5.41 Å². The van der Waals surface area contributed by atoms with Crippen LogP contribution in [0.5, 0.6) is 0 Å². The number of carbonyl (C=O) groups is 1. The maximum Gasteiger partial charge on any atom is 0.164 e. The molecule has 1 aromatic rings. The molecule has 1 fully saturated rings. The Morgan fingerprint density at radius 3 is 2.65 bits per heavy atom. The first-order valence-corrected chi connectivity index (χ1v) is 6.71. The van der Waals surface area contributed by atoms with Gasteiger partial charge in [-0.15, -0.1) is 0 Å². The van der Waals surface area contributed by atoms with Crippen molar-refractivity contribution >= 4 is 27.8 Å². The molecule has 0 spiro atoms. The van der Waals surface area contributed by atoms with E-state index < -0.39 is 0 Å². The quantitative estimate of drug-likeness (QED) is 0.695. The van der Waals surface area contributed by atoms with Crippen LogP contribution in [0, 0.1) is 12.3 Å². The number of ketones is 1. The fourth-order valence-electron chi connectivity index (χ4n) is 2.20. The number of aryl methyl sites for hydroxylation is 1. The van der Waals surface area contributed by atoms with Crippen molar-refractivity contribution in [1.82, 2.24) is 0 Å². The van der Waals surface area contributed by atoms with Crippen LogP contribution in [0.2, 0.25) is 0 Å². The molecule has 1 aromatic carbocycles. The van der Waals surface area contributed by atoms with Crippen LogP contribution in [0.3, 0.4) is 0 Å². The van der Waals surface area contributed by atoms with Gasteiger partial charge in [0.2, 0.25) is 0 Å². The van der Waals surface area contributed by atoms with E-state index in [4.69, 9.17) is 0 Å². The number of Topliss-reactive ketones (excluding diaryl/α,β-unsaturated/α-hetero) is 1. The van der Waals surface area contributed by atoms with Crippen molar-refractivity contribution < 1.29 is 4.79 Å². The van der Waals surface area contributed by atoms with Crippen LogP contribution in [0.25, 0.3) is 6.08 Å². The minimum Gasteiger partial charge on any atom is -0.294 e. The number of halogens is 1. The molecule has 0 saturated heterocycles. The van der Waals surface area contributed by atoms with Gasteiger partial charge in [-0.05, 0) is 54.7 Å². The molecule has 1 aliphatic carbocycles. The summed E-state index contributed by atoms with van der Waals surface area (Å²) in [5.74, 6) is 0.303. The first kappa shape index (κ1) is 12.6. The largest absolute Gasteiger partial charge is 0.294 e. The highest BCUT2D eigenvalue weighted by atomic mass is 79.9. The highest BCUT2D eigenvalue weighted by Crippen LogP contribution is 2.38. The number of benzene rings is 1. The van der Waals surface area contributed by atoms with Crippen LogP contribution in [-0.4, -0.2) is 5.78 Å². The van der Waals surface area contributed by atoms with Crippen molar-refractivity contribution in [3.8, 4) is 0 Å². The average Bonchev–Trinajstić information content (AvgIpc) is 2.51. The topological polar surface area (TPSA) is 17.1 Å². The molecular weight excluding hydrogens is 276 g/mol. The number of hydrogen-bond donors (Lipinski definition) is 0. The minimum absolute atomic E-state index is 0.175. The van der Waals surface area contributed by atoms with E-state index in [1.165, 1.54) is 5.56 Å². The normalized spacial score (nSPS) is 21.2. The summed E-state index contributed by atoms with van der Waals surface area (Å²) >= 11 is 3.47. The minimum atomic E-state index is -0.175. The van der Waals surface area contributed by atoms with Gasteiger partial charge < -0.3 is 0 Å². The third-order valence-electron chi connectivity index (χ3n) is 3.50. The SMILES string of the molecule is Cc1ccc(Br)cc1/C=C1\CCC(C)(C)C1=O. The molecule has 0 amide bonds. The molecular formula is C15H17BrO. The molecule has 0 heterocycles. The molecule has 0 aromatic heterocycles. The smallest absolute Gasteiger partial charge is 0.164 e. The van der Waals surface area contributed by atoms with E-state index in [9.17, 15) is 4.79 Å². The first-order valence-electron chi connectivity index (χ1n) is 5.92. The number of carbonyl (C=O) groups excluding carboxylic acids is 1. The molecule has 0 unspecified atom stereocenters. The summed E-state index contributed by atoms with van der Waals surface area (Å²) in [5, 5.41) is 0. The number of allylic oxidation sites excluding steroid dienone is 1. The Balaban J connectivity index is 2.38. The van der Waals surface area contributed by atoms with Gasteiger partial charge in [0.25, 0.3) is 0 Å². The van der Waals surface area contributed by atoms with Crippen LogP contribution in [0.1, 0.15) is 37.8 Å². The highest BCUT2D eigenvalue weighted by molar-refractivity contribution is 9.10. The lowest BCUT2D eigenvalue weighted by molar-refractivity contribution is -0.121. The second-order valence-electron chi connectivity index (χ2n) is 5.38. The summed E-state index contributed by atoms with van der Waals surface area (Å²) in [6, 6.07) is 6.17. The fourth-order valence-corrected chi connectivity index (χ4v) is 2.58. The lowest BCUT2D eigenvalue weighted by Gasteiger charge is -2.12. The van der Waals surface area contributed by atoms with Crippen molar-refractivity contribution in [2.24, 2.45) is 5.41 Å². The average molecular weight is 293 g/mol. The molecule has 1 nitrogen and oxygen atoms in total. The fraction of sp³-hybridized carbons (Fsp3) is 0.400. The van der Waals surface area contributed by atoms with Crippen LogP contribution in [-0.2, 0) is 4.79 Å². The maximum absolute atomic E-state index is 12.1. The molecule has 0 N–H and O–H groups in total. The molecule has 1 aliphatic rings. The zero-order valence-electron chi connectivity index (χ0n) is 10.5. The van der Waals surface area contributed by atoms with Gasteiger partial charge in [-0.2, -0.15) is 0 Å². The zero-order chi connectivity index (χ0) is 12.6. The van der Waals surface area contributed by atoms with Gasteiger partial charge in [-0.25, -0.2) is 0 Å². The van der Waals surface area contributed by atoms with Crippen molar-refractivity contribution in [2.75, 3.05) is 0 Å². The third kappa shape index (κ3) is 2.52. The Morgan fingerprint density at radius 1 is 1.35 bits per heavy atom. The standard InChI is InChI=1S/C15H17BrO/c1-10-4-5-13(16)9-12(10)8-11-6-7-15(2,3)14(11)17/h4-5,8-9H,6-7H2,1-3H3/b11-8+. The van der Waals surface area contributed by atoms with Gasteiger partial charge in [0, 0.05) is 9.89 Å². The summed E-state index contributed by atoms with van der Waals surface area (Å²) in [6.07, 6.45) is 3.92. The summed E-state index contributed by atoms with van der Waals surface area (Å²) in [7, 11) is 0. The first-order chi connectivity index (χ1) is 7.90. The molecule has 0 radical (unpaired) electrons. The van der Waals surface area contributed by atoms with Crippen molar-refractivity contribution in [3.05, 3.63) is 39.4 Å². The monoisotopic (exact) mass is 292 g/mol. The second-order valence-corrected chi connectivity index (χ2v) is 6.30. The molecule has 0 atom stereocenters. The Bertz CT molecular complexity index is 498. The van der Waals surface area contributed by atoms with Crippen LogP contribution >= 0.6 is 15.9 Å². The summed E-state index contributed by atoms with van der Waals surface area (Å²) in [6.45, 7) is 6.14. The second kappa shape index (κ2) is 4.41. The van der Waals surface area contributed by atoms with Gasteiger partial charge in [0.1, 0.15) is 0 Å². The lowest BCUT2D eigenvalue weighted by atomic mass is 9.90. The van der Waals surface area contributed by atoms with Crippen molar-refractivity contribution in [2.45, 2.75) is 33.6 Å². The van der Waals surface area contributed by atoms with Crippen LogP contribution in [0.15, 0.2) is 28.2 Å². The van der Waals surface area contributed by atoms with Gasteiger partial charge in [0.05, 0.1) is 0 Å². The van der Waals surface area contributed by atoms with Gasteiger partial charge in [-0.1, -0.05) is 35.8 Å². The van der Waals surface area contributed by atoms with E-state index in [2.05, 4.69) is 41.1 Å². The number of hydrogen-bond acceptors (Lipinski definition) is 1. The Hall–Kier alpha value is -0.890. The van der Waals surface area contributed by atoms with Gasteiger partial charge in [0.15, 0.2) is 5.78 Å². The van der Waals surface area contributed by atoms with E-state index >= 15 is 0 Å². The van der Waals surface area contributed by atoms with E-state index in [1.54, 1.807) is 0 Å². The molecule has 17 heavy (non-hydrogen) atoms. The summed E-state index contributed by atoms with van der Waals surface area (Å²) < 4.78 is 1.06. The van der Waals surface area contributed by atoms with Crippen molar-refractivity contribution in [3.63, 3.8) is 0 Å². The molecule has 0 bridgehead atoms. The molecule has 2 heteroatoms. The van der Waals surface area contributed by atoms with E-state index in [1.807, 2.05) is 19.9 Å². The van der Waals surface area contributed by atoms with Crippen LogP contribution in [0.4, 0.5) is 0 Å². The highest BCUT2D eigenvalue weighted by Gasteiger charge is 2.36. The summed E-state index contributed by atoms with van der Waals surface area (Å²) in [4.78, 5) is 12.1. The van der Waals surface area contributed by atoms with E-state index in [0.717, 1.165) is 28.5 Å². The van der Waals surface area contributed by atoms with Crippen LogP contribution < -0.4 is 0 Å². The Morgan fingerprint density at radius 2 is 2.06 bits per heavy atom.